The predicted molar refractivity (Wildman–Crippen MR) is 121 cm³/mol. The predicted octanol–water partition coefficient (Wildman–Crippen LogP) is 3.31. The minimum atomic E-state index is -0.510. The zero-order chi connectivity index (χ0) is 23.1. The van der Waals surface area contributed by atoms with Crippen molar-refractivity contribution in [3.63, 3.8) is 0 Å². The first-order valence-electron chi connectivity index (χ1n) is 11.0. The molecule has 1 aliphatic rings. The van der Waals surface area contributed by atoms with Gasteiger partial charge in [0.2, 0.25) is 0 Å². The molecule has 0 aliphatic carbocycles. The van der Waals surface area contributed by atoms with Gasteiger partial charge in [0, 0.05) is 17.8 Å². The number of fused-ring (bicyclic) bond motifs is 8. The molecule has 1 aliphatic heterocycles. The molecule has 9 heteroatoms. The largest absolute Gasteiger partial charge is 2.00 e. The van der Waals surface area contributed by atoms with E-state index >= 15 is 0 Å². The molecule has 0 N–H and O–H groups in total. The minimum Gasteiger partial charge on any atom is -0.444 e. The molecule has 8 nitrogen and oxygen atoms in total. The molecular weight excluding hydrogens is 464 g/mol. The Kier molecular flexibility index (Phi) is 5.11. The summed E-state index contributed by atoms with van der Waals surface area (Å²) in [5, 5.41) is 9.92. The molecule has 1 radical (unpaired) electrons. The van der Waals surface area contributed by atoms with Gasteiger partial charge >= 0.3 is 17.1 Å². The fourth-order valence-corrected chi connectivity index (χ4v) is 4.18. The van der Waals surface area contributed by atoms with Crippen molar-refractivity contribution in [3.05, 3.63) is 71.3 Å². The number of nitrogens with zero attached hydrogens (tertiary/aromatic N) is 8. The second-order valence-electron chi connectivity index (χ2n) is 10.8. The zero-order valence-corrected chi connectivity index (χ0v) is 21.3. The second-order valence-corrected chi connectivity index (χ2v) is 10.8. The van der Waals surface area contributed by atoms with Gasteiger partial charge in [0.15, 0.2) is 0 Å². The molecule has 0 atom stereocenters. The van der Waals surface area contributed by atoms with Gasteiger partial charge in [-0.2, -0.15) is 10.2 Å². The van der Waals surface area contributed by atoms with Crippen molar-refractivity contribution >= 4 is 0 Å². The van der Waals surface area contributed by atoms with Crippen molar-refractivity contribution in [3.8, 4) is 0 Å². The van der Waals surface area contributed by atoms with E-state index in [0.29, 0.717) is 0 Å². The van der Waals surface area contributed by atoms with Crippen LogP contribution in [0.25, 0.3) is 0 Å². The molecule has 0 aromatic carbocycles. The molecule has 8 bridgehead atoms. The summed E-state index contributed by atoms with van der Waals surface area (Å²) in [4.78, 5) is 19.3. The summed E-state index contributed by atoms with van der Waals surface area (Å²) in [6.45, 7) is 16.9. The van der Waals surface area contributed by atoms with Gasteiger partial charge in [-0.15, -0.1) is 0 Å². The molecule has 0 saturated carbocycles. The molecule has 5 heterocycles. The summed E-state index contributed by atoms with van der Waals surface area (Å²) in [6, 6.07) is 4.12. The fourth-order valence-electron chi connectivity index (χ4n) is 4.18. The zero-order valence-electron chi connectivity index (χ0n) is 20.3. The number of aromatic nitrogens is 8. The van der Waals surface area contributed by atoms with E-state index in [1.54, 1.807) is 0 Å². The van der Waals surface area contributed by atoms with E-state index in [-0.39, 0.29) is 22.5 Å². The number of imidazole rings is 2. The van der Waals surface area contributed by atoms with Gasteiger partial charge in [0.25, 0.3) is 0 Å². The van der Waals surface area contributed by atoms with Crippen molar-refractivity contribution in [2.75, 3.05) is 0 Å². The van der Waals surface area contributed by atoms with E-state index in [1.807, 2.05) is 34.2 Å². The Balaban J connectivity index is 0.00000259. The van der Waals surface area contributed by atoms with Crippen molar-refractivity contribution in [2.45, 2.75) is 77.3 Å². The summed E-state index contributed by atoms with van der Waals surface area (Å²) in [6.07, 6.45) is 7.71. The normalized spacial score (nSPS) is 19.6. The summed E-state index contributed by atoms with van der Waals surface area (Å²) in [7, 11) is 0. The van der Waals surface area contributed by atoms with Gasteiger partial charge in [-0.3, -0.25) is 9.36 Å². The summed E-state index contributed by atoms with van der Waals surface area (Å²) in [5.41, 5.74) is 1.79. The molecule has 0 spiro atoms. The van der Waals surface area contributed by atoms with Crippen molar-refractivity contribution in [2.24, 2.45) is 0 Å². The monoisotopic (exact) mass is 493 g/mol. The third-order valence-electron chi connectivity index (χ3n) is 7.05. The van der Waals surface area contributed by atoms with Crippen LogP contribution in [-0.4, -0.2) is 29.5 Å². The molecule has 0 amide bonds. The molecular formula is C24H30CuN8. The maximum atomic E-state index is 4.96. The molecule has 0 saturated heterocycles. The van der Waals surface area contributed by atoms with Crippen LogP contribution in [0.4, 0.5) is 0 Å². The van der Waals surface area contributed by atoms with E-state index < -0.39 is 16.5 Å². The number of hydrogen-bond donors (Lipinski definition) is 0. The quantitative estimate of drug-likeness (QED) is 0.349. The standard InChI is InChI=1S/C24H30N8.Cu/c1-21(2)15-9-11-31(29-15)23(5,6)19-25-13-17(27-19)22(3,4)18-14-26-20(28-18)24(7,8)32-12-10-16(21)30-32;/h9-14H,1-8H3;/q-2;+2. The van der Waals surface area contributed by atoms with Gasteiger partial charge < -0.3 is 19.9 Å². The Labute approximate surface area is 205 Å². The first kappa shape index (κ1) is 23.5. The van der Waals surface area contributed by atoms with Crippen LogP contribution < -0.4 is 9.97 Å². The molecule has 33 heavy (non-hydrogen) atoms. The van der Waals surface area contributed by atoms with E-state index in [2.05, 4.69) is 67.5 Å². The van der Waals surface area contributed by atoms with Crippen LogP contribution in [0.15, 0.2) is 36.9 Å². The van der Waals surface area contributed by atoms with Crippen LogP contribution in [0.5, 0.6) is 0 Å². The number of rotatable bonds is 0. The molecule has 0 fully saturated rings. The Hall–Kier alpha value is -2.64. The van der Waals surface area contributed by atoms with E-state index in [4.69, 9.17) is 30.1 Å². The van der Waals surface area contributed by atoms with Crippen LogP contribution in [-0.2, 0) is 39.0 Å². The van der Waals surface area contributed by atoms with Gasteiger partial charge in [0.05, 0.1) is 27.9 Å². The third-order valence-corrected chi connectivity index (χ3v) is 7.05. The average molecular weight is 494 g/mol. The maximum absolute atomic E-state index is 4.96. The third kappa shape index (κ3) is 3.32. The average Bonchev–Trinajstić information content (AvgIpc) is 3.53. The van der Waals surface area contributed by atoms with Crippen LogP contribution in [0.1, 0.15) is 89.8 Å². The first-order valence-corrected chi connectivity index (χ1v) is 11.0. The Bertz CT molecular complexity index is 1010. The molecule has 177 valence electrons. The van der Waals surface area contributed by atoms with Gasteiger partial charge in [-0.05, 0) is 53.7 Å². The summed E-state index contributed by atoms with van der Waals surface area (Å²) >= 11 is 0. The number of hydrogen-bond acceptors (Lipinski definition) is 4. The fraction of sp³-hybridized carbons (Fsp3) is 0.500. The Morgan fingerprint density at radius 1 is 0.636 bits per heavy atom. The van der Waals surface area contributed by atoms with Crippen LogP contribution in [0.2, 0.25) is 0 Å². The van der Waals surface area contributed by atoms with Gasteiger partial charge in [0.1, 0.15) is 0 Å². The SMILES string of the molecule is CC1(C)c2ccn(n2)C(C)(C)c2ncc([n-]2)C(C)(C)c2cnc([n-]2)C(C)(C)n2ccc1n2.[Cu+2]. The Morgan fingerprint density at radius 3 is 1.42 bits per heavy atom. The topological polar surface area (TPSA) is 89.6 Å². The van der Waals surface area contributed by atoms with Crippen molar-refractivity contribution in [1.82, 2.24) is 39.5 Å². The van der Waals surface area contributed by atoms with Crippen LogP contribution in [0, 0.1) is 0 Å². The second kappa shape index (κ2) is 7.18. The first-order chi connectivity index (χ1) is 14.8. The van der Waals surface area contributed by atoms with Gasteiger partial charge in [-0.25, -0.2) is 0 Å². The molecule has 5 rings (SSSR count). The molecule has 4 aromatic rings. The van der Waals surface area contributed by atoms with Crippen LogP contribution in [0.3, 0.4) is 0 Å². The summed E-state index contributed by atoms with van der Waals surface area (Å²) in [5.74, 6) is 1.45. The maximum Gasteiger partial charge on any atom is 2.00 e. The van der Waals surface area contributed by atoms with Gasteiger partial charge in [-0.1, -0.05) is 49.3 Å². The van der Waals surface area contributed by atoms with E-state index in [1.165, 1.54) is 0 Å². The Morgan fingerprint density at radius 2 is 1.03 bits per heavy atom. The van der Waals surface area contributed by atoms with Crippen molar-refractivity contribution in [1.29, 1.82) is 0 Å². The summed E-state index contributed by atoms with van der Waals surface area (Å²) < 4.78 is 3.90. The van der Waals surface area contributed by atoms with Crippen molar-refractivity contribution < 1.29 is 17.1 Å². The molecule has 0 unspecified atom stereocenters. The van der Waals surface area contributed by atoms with E-state index in [9.17, 15) is 0 Å². The van der Waals surface area contributed by atoms with E-state index in [0.717, 1.165) is 34.4 Å². The minimum absolute atomic E-state index is 0. The molecule has 4 aromatic heterocycles. The smallest absolute Gasteiger partial charge is 0.444 e. The van der Waals surface area contributed by atoms with Crippen LogP contribution >= 0.6 is 0 Å².